The first-order valence-corrected chi connectivity index (χ1v) is 6.50. The zero-order valence-corrected chi connectivity index (χ0v) is 11.7. The van der Waals surface area contributed by atoms with Crippen molar-refractivity contribution in [1.29, 1.82) is 0 Å². The molecule has 0 fully saturated rings. The van der Waals surface area contributed by atoms with Gasteiger partial charge in [0, 0.05) is 11.6 Å². The normalized spacial score (nSPS) is 10.3. The molecule has 2 aromatic rings. The van der Waals surface area contributed by atoms with Gasteiger partial charge in [0.2, 0.25) is 0 Å². The van der Waals surface area contributed by atoms with Gasteiger partial charge in [0.1, 0.15) is 18.2 Å². The van der Waals surface area contributed by atoms with Crippen molar-refractivity contribution in [2.24, 2.45) is 0 Å². The molecule has 0 aliphatic carbocycles. The summed E-state index contributed by atoms with van der Waals surface area (Å²) in [6.45, 7) is 5.19. The monoisotopic (exact) mass is 277 g/mol. The minimum Gasteiger partial charge on any atom is -0.487 e. The molecule has 0 saturated heterocycles. The van der Waals surface area contributed by atoms with Crippen LogP contribution in [-0.2, 0) is 6.61 Å². The van der Waals surface area contributed by atoms with Crippen LogP contribution >= 0.6 is 11.6 Å². The standard InChI is InChI=1S/C14H16ClN3O/c1-3-16-14-8-17-12(7-18-14)9-19-13-5-4-11(15)6-10(13)2/h4-8H,3,9H2,1-2H3,(H,16,18). The van der Waals surface area contributed by atoms with E-state index in [1.807, 2.05) is 32.0 Å². The molecule has 1 aromatic heterocycles. The van der Waals surface area contributed by atoms with E-state index in [2.05, 4.69) is 15.3 Å². The summed E-state index contributed by atoms with van der Waals surface area (Å²) in [6.07, 6.45) is 3.42. The molecular weight excluding hydrogens is 262 g/mol. The van der Waals surface area contributed by atoms with Crippen molar-refractivity contribution in [1.82, 2.24) is 9.97 Å². The number of anilines is 1. The van der Waals surface area contributed by atoms with Gasteiger partial charge in [-0.2, -0.15) is 0 Å². The molecule has 2 rings (SSSR count). The van der Waals surface area contributed by atoms with E-state index >= 15 is 0 Å². The SMILES string of the molecule is CCNc1cnc(COc2ccc(Cl)cc2C)cn1. The maximum absolute atomic E-state index is 5.90. The number of halogens is 1. The minimum atomic E-state index is 0.391. The third-order valence-electron chi connectivity index (χ3n) is 2.58. The van der Waals surface area contributed by atoms with E-state index in [1.54, 1.807) is 12.4 Å². The van der Waals surface area contributed by atoms with Crippen molar-refractivity contribution in [2.45, 2.75) is 20.5 Å². The maximum atomic E-state index is 5.90. The smallest absolute Gasteiger partial charge is 0.144 e. The second-order valence-corrected chi connectivity index (χ2v) is 4.56. The van der Waals surface area contributed by atoms with Gasteiger partial charge >= 0.3 is 0 Å². The molecule has 0 bridgehead atoms. The number of aryl methyl sites for hydroxylation is 1. The molecule has 0 amide bonds. The number of nitrogens with zero attached hydrogens (tertiary/aromatic N) is 2. The van der Waals surface area contributed by atoms with Crippen LogP contribution in [0, 0.1) is 6.92 Å². The lowest BCUT2D eigenvalue weighted by Gasteiger charge is -2.09. The highest BCUT2D eigenvalue weighted by atomic mass is 35.5. The molecule has 0 aliphatic heterocycles. The van der Waals surface area contributed by atoms with Crippen LogP contribution in [0.15, 0.2) is 30.6 Å². The van der Waals surface area contributed by atoms with Crippen LogP contribution in [0.4, 0.5) is 5.82 Å². The first-order valence-electron chi connectivity index (χ1n) is 6.12. The van der Waals surface area contributed by atoms with Gasteiger partial charge in [-0.25, -0.2) is 4.98 Å². The van der Waals surface area contributed by atoms with Gasteiger partial charge in [0.25, 0.3) is 0 Å². The topological polar surface area (TPSA) is 47.0 Å². The maximum Gasteiger partial charge on any atom is 0.144 e. The number of hydrogen-bond donors (Lipinski definition) is 1. The van der Waals surface area contributed by atoms with E-state index in [0.29, 0.717) is 11.6 Å². The Hall–Kier alpha value is -1.81. The summed E-state index contributed by atoms with van der Waals surface area (Å²) in [7, 11) is 0. The molecule has 0 unspecified atom stereocenters. The summed E-state index contributed by atoms with van der Waals surface area (Å²) < 4.78 is 5.70. The average Bonchev–Trinajstić information content (AvgIpc) is 2.40. The van der Waals surface area contributed by atoms with Crippen LogP contribution in [0.2, 0.25) is 5.02 Å². The van der Waals surface area contributed by atoms with Gasteiger partial charge in [-0.05, 0) is 37.6 Å². The number of aromatic nitrogens is 2. The first kappa shape index (κ1) is 13.6. The highest BCUT2D eigenvalue weighted by molar-refractivity contribution is 6.30. The van der Waals surface area contributed by atoms with Crippen molar-refractivity contribution < 1.29 is 4.74 Å². The Kier molecular flexibility index (Phi) is 4.58. The molecule has 100 valence electrons. The predicted molar refractivity (Wildman–Crippen MR) is 76.7 cm³/mol. The quantitative estimate of drug-likeness (QED) is 0.909. The van der Waals surface area contributed by atoms with Crippen LogP contribution in [0.25, 0.3) is 0 Å². The Balaban J connectivity index is 1.98. The zero-order chi connectivity index (χ0) is 13.7. The van der Waals surface area contributed by atoms with E-state index in [4.69, 9.17) is 16.3 Å². The lowest BCUT2D eigenvalue weighted by Crippen LogP contribution is -2.03. The van der Waals surface area contributed by atoms with Gasteiger partial charge in [-0.3, -0.25) is 4.98 Å². The number of rotatable bonds is 5. The van der Waals surface area contributed by atoms with Gasteiger partial charge in [0.05, 0.1) is 18.1 Å². The van der Waals surface area contributed by atoms with Crippen molar-refractivity contribution in [3.05, 3.63) is 46.9 Å². The molecule has 4 nitrogen and oxygen atoms in total. The second kappa shape index (κ2) is 6.38. The van der Waals surface area contributed by atoms with Crippen molar-refractivity contribution in [3.63, 3.8) is 0 Å². The number of benzene rings is 1. The lowest BCUT2D eigenvalue weighted by atomic mass is 10.2. The van der Waals surface area contributed by atoms with E-state index in [9.17, 15) is 0 Å². The van der Waals surface area contributed by atoms with Crippen LogP contribution in [-0.4, -0.2) is 16.5 Å². The third kappa shape index (κ3) is 3.83. The van der Waals surface area contributed by atoms with E-state index in [-0.39, 0.29) is 0 Å². The van der Waals surface area contributed by atoms with Crippen molar-refractivity contribution in [2.75, 3.05) is 11.9 Å². The summed E-state index contributed by atoms with van der Waals surface area (Å²) in [5.74, 6) is 1.58. The predicted octanol–water partition coefficient (Wildman–Crippen LogP) is 3.45. The number of ether oxygens (including phenoxy) is 1. The van der Waals surface area contributed by atoms with Crippen LogP contribution in [0.5, 0.6) is 5.75 Å². The first-order chi connectivity index (χ1) is 9.19. The molecule has 0 aliphatic rings. The fourth-order valence-electron chi connectivity index (χ4n) is 1.63. The Morgan fingerprint density at radius 3 is 2.74 bits per heavy atom. The lowest BCUT2D eigenvalue weighted by molar-refractivity contribution is 0.299. The van der Waals surface area contributed by atoms with Gasteiger partial charge in [0.15, 0.2) is 0 Å². The summed E-state index contributed by atoms with van der Waals surface area (Å²) >= 11 is 5.90. The van der Waals surface area contributed by atoms with Gasteiger partial charge < -0.3 is 10.1 Å². The number of nitrogens with one attached hydrogen (secondary N) is 1. The van der Waals surface area contributed by atoms with Crippen molar-refractivity contribution in [3.8, 4) is 5.75 Å². The Morgan fingerprint density at radius 2 is 2.11 bits per heavy atom. The fraction of sp³-hybridized carbons (Fsp3) is 0.286. The van der Waals surface area contributed by atoms with E-state index < -0.39 is 0 Å². The zero-order valence-electron chi connectivity index (χ0n) is 11.0. The second-order valence-electron chi connectivity index (χ2n) is 4.12. The van der Waals surface area contributed by atoms with Gasteiger partial charge in [-0.15, -0.1) is 0 Å². The molecule has 0 radical (unpaired) electrons. The van der Waals surface area contributed by atoms with Crippen LogP contribution in [0.1, 0.15) is 18.2 Å². The molecule has 1 N–H and O–H groups in total. The summed E-state index contributed by atoms with van der Waals surface area (Å²) in [4.78, 5) is 8.53. The Labute approximate surface area is 117 Å². The highest BCUT2D eigenvalue weighted by Gasteiger charge is 2.02. The summed E-state index contributed by atoms with van der Waals surface area (Å²) in [5, 5.41) is 3.80. The molecular formula is C14H16ClN3O. The molecule has 5 heteroatoms. The van der Waals surface area contributed by atoms with E-state index in [1.165, 1.54) is 0 Å². The van der Waals surface area contributed by atoms with Gasteiger partial charge in [-0.1, -0.05) is 11.6 Å². The summed E-state index contributed by atoms with van der Waals surface area (Å²) in [6, 6.07) is 5.54. The Morgan fingerprint density at radius 1 is 1.26 bits per heavy atom. The fourth-order valence-corrected chi connectivity index (χ4v) is 1.85. The molecule has 1 heterocycles. The van der Waals surface area contributed by atoms with Crippen molar-refractivity contribution >= 4 is 17.4 Å². The molecule has 1 aromatic carbocycles. The van der Waals surface area contributed by atoms with E-state index in [0.717, 1.165) is 29.4 Å². The number of hydrogen-bond acceptors (Lipinski definition) is 4. The highest BCUT2D eigenvalue weighted by Crippen LogP contribution is 2.22. The Bertz CT molecular complexity index is 543. The third-order valence-corrected chi connectivity index (χ3v) is 2.81. The summed E-state index contributed by atoms with van der Waals surface area (Å²) in [5.41, 5.74) is 1.79. The molecule has 0 spiro atoms. The average molecular weight is 278 g/mol. The molecule has 19 heavy (non-hydrogen) atoms. The molecule has 0 atom stereocenters. The molecule has 0 saturated carbocycles. The van der Waals surface area contributed by atoms with Crippen LogP contribution < -0.4 is 10.1 Å². The largest absolute Gasteiger partial charge is 0.487 e. The minimum absolute atomic E-state index is 0.391. The van der Waals surface area contributed by atoms with Crippen LogP contribution in [0.3, 0.4) is 0 Å².